The molecule has 96 valence electrons. The summed E-state index contributed by atoms with van der Waals surface area (Å²) in [5, 5.41) is 3.22. The maximum absolute atomic E-state index is 13.6. The Morgan fingerprint density at radius 1 is 1.41 bits per heavy atom. The molecule has 17 heavy (non-hydrogen) atoms. The molecule has 0 fully saturated rings. The number of hydrogen-bond acceptors (Lipinski definition) is 3. The lowest BCUT2D eigenvalue weighted by Gasteiger charge is -2.14. The molecule has 1 aromatic carbocycles. The van der Waals surface area contributed by atoms with E-state index >= 15 is 0 Å². The van der Waals surface area contributed by atoms with Gasteiger partial charge in [0.05, 0.1) is 7.11 Å². The Labute approximate surface area is 103 Å². The molecule has 0 atom stereocenters. The topological polar surface area (TPSA) is 24.5 Å². The lowest BCUT2D eigenvalue weighted by atomic mass is 10.2. The summed E-state index contributed by atoms with van der Waals surface area (Å²) in [7, 11) is 3.60. The highest BCUT2D eigenvalue weighted by Gasteiger charge is 2.03. The summed E-state index contributed by atoms with van der Waals surface area (Å²) in [5.74, 6) is 0.331. The Morgan fingerprint density at radius 3 is 2.76 bits per heavy atom. The number of likely N-dealkylation sites (N-methyl/N-ethyl adjacent to an activating group) is 1. The molecule has 0 aromatic heterocycles. The maximum atomic E-state index is 13.6. The van der Waals surface area contributed by atoms with E-state index in [0.29, 0.717) is 17.9 Å². The highest BCUT2D eigenvalue weighted by molar-refractivity contribution is 5.28. The minimum atomic E-state index is -0.222. The van der Waals surface area contributed by atoms with Gasteiger partial charge in [-0.15, -0.1) is 0 Å². The van der Waals surface area contributed by atoms with Crippen molar-refractivity contribution in [2.24, 2.45) is 0 Å². The van der Waals surface area contributed by atoms with E-state index in [1.165, 1.54) is 13.2 Å². The zero-order valence-electron chi connectivity index (χ0n) is 10.8. The number of rotatable bonds is 7. The Morgan fingerprint density at radius 2 is 2.18 bits per heavy atom. The van der Waals surface area contributed by atoms with E-state index in [0.717, 1.165) is 19.6 Å². The molecule has 0 aliphatic heterocycles. The molecule has 0 heterocycles. The molecule has 4 heteroatoms. The first kappa shape index (κ1) is 13.9. The number of methoxy groups -OCH3 is 1. The summed E-state index contributed by atoms with van der Waals surface area (Å²) in [4.78, 5) is 2.21. The van der Waals surface area contributed by atoms with E-state index in [-0.39, 0.29) is 5.82 Å². The fourth-order valence-electron chi connectivity index (χ4n) is 1.45. The Balaban J connectivity index is 2.36. The third-order valence-corrected chi connectivity index (χ3v) is 2.79. The van der Waals surface area contributed by atoms with Crippen LogP contribution in [0, 0.1) is 5.82 Å². The minimum Gasteiger partial charge on any atom is -0.497 e. The van der Waals surface area contributed by atoms with Crippen molar-refractivity contribution in [3.8, 4) is 5.75 Å². The summed E-state index contributed by atoms with van der Waals surface area (Å²) >= 11 is 0. The summed E-state index contributed by atoms with van der Waals surface area (Å²) in [6.07, 6.45) is 0. The van der Waals surface area contributed by atoms with Crippen molar-refractivity contribution in [1.82, 2.24) is 10.2 Å². The van der Waals surface area contributed by atoms with Crippen molar-refractivity contribution < 1.29 is 9.13 Å². The van der Waals surface area contributed by atoms with E-state index in [1.54, 1.807) is 12.1 Å². The van der Waals surface area contributed by atoms with Crippen LogP contribution in [0.5, 0.6) is 5.75 Å². The van der Waals surface area contributed by atoms with Gasteiger partial charge in [-0.1, -0.05) is 13.0 Å². The van der Waals surface area contributed by atoms with Crippen LogP contribution in [0.2, 0.25) is 0 Å². The number of halogens is 1. The molecule has 0 spiro atoms. The van der Waals surface area contributed by atoms with Gasteiger partial charge in [0.15, 0.2) is 0 Å². The van der Waals surface area contributed by atoms with Crippen LogP contribution in [0.1, 0.15) is 12.5 Å². The maximum Gasteiger partial charge on any atom is 0.131 e. The highest BCUT2D eigenvalue weighted by atomic mass is 19.1. The van der Waals surface area contributed by atoms with Gasteiger partial charge in [-0.2, -0.15) is 0 Å². The van der Waals surface area contributed by atoms with Crippen LogP contribution in [0.4, 0.5) is 4.39 Å². The van der Waals surface area contributed by atoms with Crippen molar-refractivity contribution >= 4 is 0 Å². The van der Waals surface area contributed by atoms with Gasteiger partial charge in [-0.05, 0) is 19.7 Å². The van der Waals surface area contributed by atoms with Gasteiger partial charge >= 0.3 is 0 Å². The van der Waals surface area contributed by atoms with Gasteiger partial charge in [0, 0.05) is 31.3 Å². The zero-order chi connectivity index (χ0) is 12.7. The number of hydrogen-bond donors (Lipinski definition) is 1. The van der Waals surface area contributed by atoms with Crippen LogP contribution < -0.4 is 10.1 Å². The van der Waals surface area contributed by atoms with Gasteiger partial charge in [0.25, 0.3) is 0 Å². The van der Waals surface area contributed by atoms with Crippen molar-refractivity contribution in [2.75, 3.05) is 33.8 Å². The molecular formula is C13H21FN2O. The second-order valence-electron chi connectivity index (χ2n) is 4.03. The molecular weight excluding hydrogens is 219 g/mol. The smallest absolute Gasteiger partial charge is 0.131 e. The van der Waals surface area contributed by atoms with Crippen LogP contribution in [-0.2, 0) is 6.54 Å². The normalized spacial score (nSPS) is 10.9. The van der Waals surface area contributed by atoms with Gasteiger partial charge in [-0.3, -0.25) is 0 Å². The van der Waals surface area contributed by atoms with Gasteiger partial charge in [0.2, 0.25) is 0 Å². The van der Waals surface area contributed by atoms with Gasteiger partial charge in [-0.25, -0.2) is 4.39 Å². The third kappa shape index (κ3) is 4.71. The average molecular weight is 240 g/mol. The Kier molecular flexibility index (Phi) is 5.94. The zero-order valence-corrected chi connectivity index (χ0v) is 10.8. The second-order valence-corrected chi connectivity index (χ2v) is 4.03. The number of nitrogens with zero attached hydrogens (tertiary/aromatic N) is 1. The number of ether oxygens (including phenoxy) is 1. The van der Waals surface area contributed by atoms with E-state index in [1.807, 2.05) is 0 Å². The first-order chi connectivity index (χ1) is 8.17. The molecule has 0 aliphatic carbocycles. The molecule has 0 aliphatic rings. The fraction of sp³-hybridized carbons (Fsp3) is 0.538. The Hall–Kier alpha value is -1.13. The molecule has 1 aromatic rings. The van der Waals surface area contributed by atoms with Crippen LogP contribution in [0.3, 0.4) is 0 Å². The first-order valence-corrected chi connectivity index (χ1v) is 5.89. The standard InChI is InChI=1S/C13H21FN2O/c1-4-16(2)8-7-15-10-11-5-6-12(17-3)9-13(11)14/h5-6,9,15H,4,7-8,10H2,1-3H3. The minimum absolute atomic E-state index is 0.222. The predicted molar refractivity (Wildman–Crippen MR) is 67.8 cm³/mol. The lowest BCUT2D eigenvalue weighted by Crippen LogP contribution is -2.28. The Bertz CT molecular complexity index is 344. The highest BCUT2D eigenvalue weighted by Crippen LogP contribution is 2.15. The molecule has 0 bridgehead atoms. The first-order valence-electron chi connectivity index (χ1n) is 5.89. The van der Waals surface area contributed by atoms with Crippen LogP contribution in [-0.4, -0.2) is 38.7 Å². The quantitative estimate of drug-likeness (QED) is 0.736. The number of benzene rings is 1. The largest absolute Gasteiger partial charge is 0.497 e. The van der Waals surface area contributed by atoms with Crippen LogP contribution in [0.15, 0.2) is 18.2 Å². The molecule has 1 rings (SSSR count). The molecule has 0 amide bonds. The summed E-state index contributed by atoms with van der Waals surface area (Å²) in [6, 6.07) is 4.94. The van der Waals surface area contributed by atoms with E-state index in [4.69, 9.17) is 4.74 Å². The van der Waals surface area contributed by atoms with Crippen molar-refractivity contribution in [3.63, 3.8) is 0 Å². The van der Waals surface area contributed by atoms with Gasteiger partial charge in [0.1, 0.15) is 11.6 Å². The van der Waals surface area contributed by atoms with Crippen molar-refractivity contribution in [2.45, 2.75) is 13.5 Å². The molecule has 1 N–H and O–H groups in total. The lowest BCUT2D eigenvalue weighted by molar-refractivity contribution is 0.348. The average Bonchev–Trinajstić information content (AvgIpc) is 2.35. The van der Waals surface area contributed by atoms with E-state index in [9.17, 15) is 4.39 Å². The van der Waals surface area contributed by atoms with Crippen molar-refractivity contribution in [1.29, 1.82) is 0 Å². The molecule has 0 unspecified atom stereocenters. The monoisotopic (exact) mass is 240 g/mol. The van der Waals surface area contributed by atoms with Crippen LogP contribution in [0.25, 0.3) is 0 Å². The summed E-state index contributed by atoms with van der Waals surface area (Å²) < 4.78 is 18.5. The number of nitrogens with one attached hydrogen (secondary N) is 1. The molecule has 0 saturated heterocycles. The molecule has 0 saturated carbocycles. The molecule has 0 radical (unpaired) electrons. The van der Waals surface area contributed by atoms with Crippen molar-refractivity contribution in [3.05, 3.63) is 29.6 Å². The second kappa shape index (κ2) is 7.25. The van der Waals surface area contributed by atoms with Crippen LogP contribution >= 0.6 is 0 Å². The summed E-state index contributed by atoms with van der Waals surface area (Å²) in [5.41, 5.74) is 0.671. The van der Waals surface area contributed by atoms with E-state index < -0.39 is 0 Å². The fourth-order valence-corrected chi connectivity index (χ4v) is 1.45. The molecule has 3 nitrogen and oxygen atoms in total. The third-order valence-electron chi connectivity index (χ3n) is 2.79. The van der Waals surface area contributed by atoms with E-state index in [2.05, 4.69) is 24.2 Å². The summed E-state index contributed by atoms with van der Waals surface area (Å²) in [6.45, 7) is 5.51. The van der Waals surface area contributed by atoms with Gasteiger partial charge < -0.3 is 15.0 Å². The SMILES string of the molecule is CCN(C)CCNCc1ccc(OC)cc1F. The predicted octanol–water partition coefficient (Wildman–Crippen LogP) is 1.88.